The van der Waals surface area contributed by atoms with E-state index in [1.54, 1.807) is 0 Å². The monoisotopic (exact) mass is 406 g/mol. The van der Waals surface area contributed by atoms with Crippen molar-refractivity contribution in [2.45, 2.75) is 6.42 Å². The fourth-order valence-electron chi connectivity index (χ4n) is 3.89. The summed E-state index contributed by atoms with van der Waals surface area (Å²) >= 11 is 0. The fourth-order valence-corrected chi connectivity index (χ4v) is 3.89. The number of hydrogen-bond acceptors (Lipinski definition) is 2. The van der Waals surface area contributed by atoms with E-state index in [1.807, 2.05) is 72.8 Å². The highest BCUT2D eigenvalue weighted by Gasteiger charge is 2.13. The third-order valence-electron chi connectivity index (χ3n) is 5.28. The standard InChI is InChI=1S/C27H22N2O2/c30-18-28-26-15-7-5-13-24(26)22-11-3-1-9-20(22)17-21-10-2-4-12-23(21)25-14-6-8-16-27(25)29-19-31/h1-16,18-19H,17H2,(H,28,30)(H,29,31). The molecule has 0 aliphatic heterocycles. The summed E-state index contributed by atoms with van der Waals surface area (Å²) in [6.07, 6.45) is 2.11. The number of hydrogen-bond donors (Lipinski definition) is 2. The summed E-state index contributed by atoms with van der Waals surface area (Å²) < 4.78 is 0. The van der Waals surface area contributed by atoms with Crippen molar-refractivity contribution in [1.82, 2.24) is 0 Å². The molecule has 0 atom stereocenters. The van der Waals surface area contributed by atoms with Crippen LogP contribution in [0.2, 0.25) is 0 Å². The first-order chi connectivity index (χ1) is 15.3. The Kier molecular flexibility index (Phi) is 6.19. The molecule has 0 unspecified atom stereocenters. The normalized spacial score (nSPS) is 10.3. The van der Waals surface area contributed by atoms with E-state index in [9.17, 15) is 9.59 Å². The van der Waals surface area contributed by atoms with Crippen molar-refractivity contribution in [3.63, 3.8) is 0 Å². The van der Waals surface area contributed by atoms with Gasteiger partial charge in [-0.25, -0.2) is 0 Å². The maximum Gasteiger partial charge on any atom is 0.211 e. The van der Waals surface area contributed by atoms with Crippen LogP contribution in [0.25, 0.3) is 22.3 Å². The molecule has 0 fully saturated rings. The second-order valence-corrected chi connectivity index (χ2v) is 7.11. The van der Waals surface area contributed by atoms with Gasteiger partial charge in [-0.15, -0.1) is 0 Å². The molecule has 4 heteroatoms. The molecule has 2 amide bonds. The number of benzene rings is 4. The van der Waals surface area contributed by atoms with Gasteiger partial charge in [-0.3, -0.25) is 9.59 Å². The second kappa shape index (κ2) is 9.55. The Balaban J connectivity index is 1.79. The smallest absolute Gasteiger partial charge is 0.211 e. The zero-order valence-electron chi connectivity index (χ0n) is 16.9. The maximum atomic E-state index is 11.1. The van der Waals surface area contributed by atoms with Gasteiger partial charge in [-0.05, 0) is 40.8 Å². The van der Waals surface area contributed by atoms with Gasteiger partial charge >= 0.3 is 0 Å². The van der Waals surface area contributed by atoms with E-state index < -0.39 is 0 Å². The number of rotatable bonds is 8. The molecule has 4 nitrogen and oxygen atoms in total. The highest BCUT2D eigenvalue weighted by atomic mass is 16.1. The van der Waals surface area contributed by atoms with Gasteiger partial charge in [0, 0.05) is 22.5 Å². The molecule has 0 saturated heterocycles. The molecule has 0 aliphatic carbocycles. The summed E-state index contributed by atoms with van der Waals surface area (Å²) in [6, 6.07) is 32.0. The molecule has 0 aliphatic rings. The van der Waals surface area contributed by atoms with Crippen LogP contribution < -0.4 is 10.6 Å². The van der Waals surface area contributed by atoms with Gasteiger partial charge in [-0.1, -0.05) is 84.9 Å². The van der Waals surface area contributed by atoms with E-state index in [1.165, 1.54) is 0 Å². The molecule has 4 aromatic carbocycles. The van der Waals surface area contributed by atoms with E-state index in [-0.39, 0.29) is 0 Å². The van der Waals surface area contributed by atoms with Crippen molar-refractivity contribution in [1.29, 1.82) is 0 Å². The van der Waals surface area contributed by atoms with Crippen molar-refractivity contribution >= 4 is 24.2 Å². The predicted octanol–water partition coefficient (Wildman–Crippen LogP) is 5.75. The van der Waals surface area contributed by atoms with Crippen LogP contribution in [-0.4, -0.2) is 12.8 Å². The molecule has 4 rings (SSSR count). The Labute approximate surface area is 181 Å². The molecule has 0 heterocycles. The van der Waals surface area contributed by atoms with Gasteiger partial charge in [0.15, 0.2) is 0 Å². The minimum absolute atomic E-state index is 0.702. The van der Waals surface area contributed by atoms with Gasteiger partial charge in [0.1, 0.15) is 0 Å². The molecule has 4 aromatic rings. The Morgan fingerprint density at radius 3 is 1.26 bits per heavy atom. The number of carbonyl (C=O) groups is 2. The van der Waals surface area contributed by atoms with Crippen molar-refractivity contribution < 1.29 is 9.59 Å². The van der Waals surface area contributed by atoms with Crippen molar-refractivity contribution in [2.24, 2.45) is 0 Å². The highest BCUT2D eigenvalue weighted by molar-refractivity contribution is 5.88. The van der Waals surface area contributed by atoms with Crippen LogP contribution in [0.3, 0.4) is 0 Å². The highest BCUT2D eigenvalue weighted by Crippen LogP contribution is 2.35. The zero-order chi connectivity index (χ0) is 21.5. The molecule has 0 saturated carbocycles. The van der Waals surface area contributed by atoms with Gasteiger partial charge in [-0.2, -0.15) is 0 Å². The number of anilines is 2. The largest absolute Gasteiger partial charge is 0.328 e. The third-order valence-corrected chi connectivity index (χ3v) is 5.28. The minimum Gasteiger partial charge on any atom is -0.328 e. The topological polar surface area (TPSA) is 58.2 Å². The Hall–Kier alpha value is -4.18. The van der Waals surface area contributed by atoms with Crippen LogP contribution in [0.15, 0.2) is 97.1 Å². The van der Waals surface area contributed by atoms with Crippen molar-refractivity contribution in [2.75, 3.05) is 10.6 Å². The third kappa shape index (κ3) is 4.38. The van der Waals surface area contributed by atoms with Crippen LogP contribution in [0.4, 0.5) is 11.4 Å². The van der Waals surface area contributed by atoms with Crippen LogP contribution in [0.1, 0.15) is 11.1 Å². The first-order valence-electron chi connectivity index (χ1n) is 10.1. The first kappa shape index (κ1) is 20.1. The number of para-hydroxylation sites is 2. The Morgan fingerprint density at radius 2 is 0.839 bits per heavy atom. The van der Waals surface area contributed by atoms with E-state index >= 15 is 0 Å². The molecule has 0 aromatic heterocycles. The van der Waals surface area contributed by atoms with E-state index in [0.29, 0.717) is 19.2 Å². The van der Waals surface area contributed by atoms with Crippen LogP contribution >= 0.6 is 0 Å². The Bertz CT molecular complexity index is 1120. The lowest BCUT2D eigenvalue weighted by Crippen LogP contribution is -2.00. The van der Waals surface area contributed by atoms with Crippen LogP contribution in [0, 0.1) is 0 Å². The van der Waals surface area contributed by atoms with Crippen molar-refractivity contribution in [3.05, 3.63) is 108 Å². The summed E-state index contributed by atoms with van der Waals surface area (Å²) in [5.74, 6) is 0. The van der Waals surface area contributed by atoms with E-state index in [2.05, 4.69) is 34.9 Å². The lowest BCUT2D eigenvalue weighted by molar-refractivity contribution is -0.106. The number of carbonyl (C=O) groups excluding carboxylic acids is 2. The SMILES string of the molecule is O=CNc1ccccc1-c1ccccc1Cc1ccccc1-c1ccccc1NC=O. The molecule has 152 valence electrons. The number of amides is 2. The second-order valence-electron chi connectivity index (χ2n) is 7.11. The zero-order valence-corrected chi connectivity index (χ0v) is 16.9. The molecule has 0 radical (unpaired) electrons. The number of nitrogens with one attached hydrogen (secondary N) is 2. The van der Waals surface area contributed by atoms with Crippen molar-refractivity contribution in [3.8, 4) is 22.3 Å². The first-order valence-corrected chi connectivity index (χ1v) is 10.1. The Morgan fingerprint density at radius 1 is 0.484 bits per heavy atom. The molecule has 2 N–H and O–H groups in total. The quantitative estimate of drug-likeness (QED) is 0.366. The minimum atomic E-state index is 0.702. The van der Waals surface area contributed by atoms with Gasteiger partial charge in [0.05, 0.1) is 0 Å². The molecular formula is C27H22N2O2. The predicted molar refractivity (Wildman–Crippen MR) is 126 cm³/mol. The fraction of sp³-hybridized carbons (Fsp3) is 0.0370. The van der Waals surface area contributed by atoms with Gasteiger partial charge in [0.2, 0.25) is 12.8 Å². The summed E-state index contributed by atoms with van der Waals surface area (Å²) in [4.78, 5) is 22.2. The summed E-state index contributed by atoms with van der Waals surface area (Å²) in [5.41, 5.74) is 7.95. The summed E-state index contributed by atoms with van der Waals surface area (Å²) in [6.45, 7) is 0. The summed E-state index contributed by atoms with van der Waals surface area (Å²) in [5, 5.41) is 5.61. The average Bonchev–Trinajstić information content (AvgIpc) is 2.81. The van der Waals surface area contributed by atoms with Crippen LogP contribution in [0.5, 0.6) is 0 Å². The molecule has 31 heavy (non-hydrogen) atoms. The van der Waals surface area contributed by atoms with Gasteiger partial charge < -0.3 is 10.6 Å². The maximum absolute atomic E-state index is 11.1. The van der Waals surface area contributed by atoms with Gasteiger partial charge in [0.25, 0.3) is 0 Å². The molecular weight excluding hydrogens is 384 g/mol. The summed E-state index contributed by atoms with van der Waals surface area (Å²) in [7, 11) is 0. The van der Waals surface area contributed by atoms with Crippen LogP contribution in [-0.2, 0) is 16.0 Å². The lowest BCUT2D eigenvalue weighted by Gasteiger charge is -2.16. The lowest BCUT2D eigenvalue weighted by atomic mass is 9.90. The molecule has 0 bridgehead atoms. The van der Waals surface area contributed by atoms with E-state index in [0.717, 1.165) is 44.8 Å². The van der Waals surface area contributed by atoms with E-state index in [4.69, 9.17) is 0 Å². The average molecular weight is 406 g/mol. The molecule has 0 spiro atoms.